The van der Waals surface area contributed by atoms with Crippen LogP contribution in [-0.2, 0) is 15.1 Å². The first kappa shape index (κ1) is 12.2. The van der Waals surface area contributed by atoms with Crippen LogP contribution >= 0.6 is 0 Å². The third-order valence-electron chi connectivity index (χ3n) is 3.97. The molecular formula is C14H17N3O2. The van der Waals surface area contributed by atoms with Crippen molar-refractivity contribution in [2.75, 3.05) is 18.0 Å². The number of rotatable bonds is 2. The summed E-state index contributed by atoms with van der Waals surface area (Å²) < 4.78 is 0. The van der Waals surface area contributed by atoms with Gasteiger partial charge in [-0.25, -0.2) is 0 Å². The van der Waals surface area contributed by atoms with Gasteiger partial charge in [0.05, 0.1) is 13.1 Å². The molecule has 100 valence electrons. The second-order valence-corrected chi connectivity index (χ2v) is 5.35. The Balaban J connectivity index is 1.96. The summed E-state index contributed by atoms with van der Waals surface area (Å²) in [5.74, 6) is -0.517. The van der Waals surface area contributed by atoms with Gasteiger partial charge < -0.3 is 10.6 Å². The van der Waals surface area contributed by atoms with E-state index in [1.165, 1.54) is 0 Å². The number of imide groups is 1. The molecule has 2 fully saturated rings. The molecule has 19 heavy (non-hydrogen) atoms. The summed E-state index contributed by atoms with van der Waals surface area (Å²) in [5, 5.41) is 2.31. The van der Waals surface area contributed by atoms with Gasteiger partial charge in [-0.2, -0.15) is 0 Å². The number of carbonyl (C=O) groups excluding carboxylic acids is 2. The molecule has 2 aliphatic rings. The number of carbonyl (C=O) groups is 2. The van der Waals surface area contributed by atoms with E-state index in [4.69, 9.17) is 5.73 Å². The lowest BCUT2D eigenvalue weighted by atomic mass is 9.72. The summed E-state index contributed by atoms with van der Waals surface area (Å²) in [6.07, 6.45) is 3.04. The van der Waals surface area contributed by atoms with Gasteiger partial charge in [0.1, 0.15) is 0 Å². The molecule has 0 bridgehead atoms. The molecule has 5 nitrogen and oxygen atoms in total. The van der Waals surface area contributed by atoms with Gasteiger partial charge in [-0.1, -0.05) is 18.2 Å². The summed E-state index contributed by atoms with van der Waals surface area (Å²) in [7, 11) is 0. The van der Waals surface area contributed by atoms with Crippen LogP contribution in [0.25, 0.3) is 0 Å². The number of hydrogen-bond donors (Lipinski definition) is 2. The fraction of sp³-hybridized carbons (Fsp3) is 0.429. The van der Waals surface area contributed by atoms with Crippen LogP contribution in [0.4, 0.5) is 5.69 Å². The van der Waals surface area contributed by atoms with Gasteiger partial charge in [0, 0.05) is 11.2 Å². The average molecular weight is 259 g/mol. The maximum Gasteiger partial charge on any atom is 0.246 e. The zero-order valence-corrected chi connectivity index (χ0v) is 10.7. The minimum atomic E-state index is -0.298. The van der Waals surface area contributed by atoms with Gasteiger partial charge in [-0.3, -0.25) is 14.9 Å². The van der Waals surface area contributed by atoms with Crippen LogP contribution < -0.4 is 16.0 Å². The highest BCUT2D eigenvalue weighted by atomic mass is 16.2. The lowest BCUT2D eigenvalue weighted by Crippen LogP contribution is -2.53. The highest BCUT2D eigenvalue weighted by Gasteiger charge is 2.37. The van der Waals surface area contributed by atoms with Gasteiger partial charge >= 0.3 is 0 Å². The van der Waals surface area contributed by atoms with Gasteiger partial charge in [-0.15, -0.1) is 0 Å². The molecule has 1 saturated carbocycles. The number of piperazine rings is 1. The summed E-state index contributed by atoms with van der Waals surface area (Å²) in [6, 6.07) is 7.81. The lowest BCUT2D eigenvalue weighted by Gasteiger charge is -2.42. The van der Waals surface area contributed by atoms with Crippen molar-refractivity contribution in [2.24, 2.45) is 5.73 Å². The van der Waals surface area contributed by atoms with Crippen molar-refractivity contribution in [3.8, 4) is 0 Å². The van der Waals surface area contributed by atoms with Crippen LogP contribution in [0, 0.1) is 0 Å². The first-order valence-electron chi connectivity index (χ1n) is 6.54. The highest BCUT2D eigenvalue weighted by molar-refractivity contribution is 6.02. The molecule has 1 aliphatic heterocycles. The topological polar surface area (TPSA) is 75.4 Å². The van der Waals surface area contributed by atoms with E-state index < -0.39 is 0 Å². The highest BCUT2D eigenvalue weighted by Crippen LogP contribution is 2.42. The number of hydrogen-bond acceptors (Lipinski definition) is 4. The standard InChI is InChI=1S/C14H17N3O2/c15-14(6-3-7-14)10-4-1-2-5-11(10)17-8-12(18)16-13(19)9-17/h1-2,4-5H,3,6-9,15H2,(H,16,18,19). The number of benzene rings is 1. The molecule has 0 aromatic heterocycles. The molecule has 3 rings (SSSR count). The number of para-hydroxylation sites is 1. The van der Waals surface area contributed by atoms with E-state index in [0.717, 1.165) is 30.5 Å². The average Bonchev–Trinajstić information content (AvgIpc) is 2.35. The third-order valence-corrected chi connectivity index (χ3v) is 3.97. The summed E-state index contributed by atoms with van der Waals surface area (Å²) >= 11 is 0. The smallest absolute Gasteiger partial charge is 0.246 e. The first-order valence-corrected chi connectivity index (χ1v) is 6.54. The minimum Gasteiger partial charge on any atom is -0.353 e. The fourth-order valence-corrected chi connectivity index (χ4v) is 2.80. The van der Waals surface area contributed by atoms with Crippen LogP contribution in [0.5, 0.6) is 0 Å². The van der Waals surface area contributed by atoms with Crippen molar-refractivity contribution in [1.29, 1.82) is 0 Å². The van der Waals surface area contributed by atoms with E-state index in [9.17, 15) is 9.59 Å². The van der Waals surface area contributed by atoms with E-state index in [-0.39, 0.29) is 30.4 Å². The van der Waals surface area contributed by atoms with E-state index in [1.54, 1.807) is 0 Å². The van der Waals surface area contributed by atoms with Crippen molar-refractivity contribution in [3.63, 3.8) is 0 Å². The van der Waals surface area contributed by atoms with Crippen LogP contribution in [-0.4, -0.2) is 24.9 Å². The maximum atomic E-state index is 11.5. The zero-order valence-electron chi connectivity index (χ0n) is 10.7. The molecule has 1 heterocycles. The Bertz CT molecular complexity index is 521. The first-order chi connectivity index (χ1) is 9.08. The Kier molecular flexibility index (Phi) is 2.78. The number of nitrogens with zero attached hydrogens (tertiary/aromatic N) is 1. The van der Waals surface area contributed by atoms with Gasteiger partial charge in [-0.05, 0) is 30.9 Å². The Hall–Kier alpha value is -1.88. The van der Waals surface area contributed by atoms with E-state index in [0.29, 0.717) is 0 Å². The van der Waals surface area contributed by atoms with E-state index in [1.807, 2.05) is 29.2 Å². The van der Waals surface area contributed by atoms with Crippen molar-refractivity contribution in [1.82, 2.24) is 5.32 Å². The number of amides is 2. The molecule has 1 saturated heterocycles. The Morgan fingerprint density at radius 2 is 1.74 bits per heavy atom. The lowest BCUT2D eigenvalue weighted by molar-refractivity contribution is -0.130. The monoisotopic (exact) mass is 259 g/mol. The molecule has 1 aromatic carbocycles. The number of nitrogens with two attached hydrogens (primary N) is 1. The minimum absolute atomic E-state index is 0.207. The number of nitrogens with one attached hydrogen (secondary N) is 1. The fourth-order valence-electron chi connectivity index (χ4n) is 2.80. The molecule has 0 unspecified atom stereocenters. The molecule has 3 N–H and O–H groups in total. The predicted molar refractivity (Wildman–Crippen MR) is 71.5 cm³/mol. The second kappa shape index (κ2) is 4.35. The normalized spacial score (nSPS) is 21.8. The molecule has 1 aliphatic carbocycles. The quantitative estimate of drug-likeness (QED) is 0.758. The number of anilines is 1. The van der Waals surface area contributed by atoms with Crippen LogP contribution in [0.2, 0.25) is 0 Å². The third kappa shape index (κ3) is 2.10. The molecular weight excluding hydrogens is 242 g/mol. The summed E-state index contributed by atoms with van der Waals surface area (Å²) in [6.45, 7) is 0.414. The Morgan fingerprint density at radius 1 is 1.11 bits per heavy atom. The molecule has 0 spiro atoms. The molecule has 5 heteroatoms. The largest absolute Gasteiger partial charge is 0.353 e. The second-order valence-electron chi connectivity index (χ2n) is 5.35. The van der Waals surface area contributed by atoms with Crippen LogP contribution in [0.15, 0.2) is 24.3 Å². The summed E-state index contributed by atoms with van der Waals surface area (Å²) in [5.41, 5.74) is 8.05. The summed E-state index contributed by atoms with van der Waals surface area (Å²) in [4.78, 5) is 24.8. The van der Waals surface area contributed by atoms with Gasteiger partial charge in [0.2, 0.25) is 11.8 Å². The predicted octanol–water partition coefficient (Wildman–Crippen LogP) is 0.487. The molecule has 2 amide bonds. The maximum absolute atomic E-state index is 11.5. The van der Waals surface area contributed by atoms with Crippen molar-refractivity contribution < 1.29 is 9.59 Å². The van der Waals surface area contributed by atoms with E-state index in [2.05, 4.69) is 5.32 Å². The molecule has 1 aromatic rings. The van der Waals surface area contributed by atoms with Crippen LogP contribution in [0.3, 0.4) is 0 Å². The van der Waals surface area contributed by atoms with E-state index >= 15 is 0 Å². The van der Waals surface area contributed by atoms with Crippen molar-refractivity contribution >= 4 is 17.5 Å². The SMILES string of the molecule is NC1(c2ccccc2N2CC(=O)NC(=O)C2)CCC1. The van der Waals surface area contributed by atoms with Gasteiger partial charge in [0.25, 0.3) is 0 Å². The Morgan fingerprint density at radius 3 is 2.32 bits per heavy atom. The van der Waals surface area contributed by atoms with Crippen LogP contribution in [0.1, 0.15) is 24.8 Å². The molecule has 0 atom stereocenters. The molecule has 0 radical (unpaired) electrons. The van der Waals surface area contributed by atoms with Crippen molar-refractivity contribution in [2.45, 2.75) is 24.8 Å². The zero-order chi connectivity index (χ0) is 13.5. The Labute approximate surface area is 111 Å². The van der Waals surface area contributed by atoms with Gasteiger partial charge in [0.15, 0.2) is 0 Å². The van der Waals surface area contributed by atoms with Crippen molar-refractivity contribution in [3.05, 3.63) is 29.8 Å².